The standard InChI is InChI=1S/C18H30N4.HI/c1-3-19-18(20-12-14-9-10-22(2)13-14)21-17-11-16(17)15-7-5-4-6-8-15;/h9-10,13,15-17H,3-8,11-12H2,1-2H3,(H2,19,20,21);1H. The average molecular weight is 430 g/mol. The van der Waals surface area contributed by atoms with Crippen molar-refractivity contribution in [3.8, 4) is 0 Å². The summed E-state index contributed by atoms with van der Waals surface area (Å²) >= 11 is 0. The molecule has 0 amide bonds. The van der Waals surface area contributed by atoms with Crippen molar-refractivity contribution in [1.29, 1.82) is 0 Å². The second-order valence-corrected chi connectivity index (χ2v) is 6.93. The Labute approximate surface area is 157 Å². The Morgan fingerprint density at radius 3 is 2.74 bits per heavy atom. The number of guanidine groups is 1. The van der Waals surface area contributed by atoms with E-state index in [1.165, 1.54) is 44.1 Å². The largest absolute Gasteiger partial charge is 0.357 e. The number of halogens is 1. The molecule has 130 valence electrons. The molecule has 3 rings (SSSR count). The van der Waals surface area contributed by atoms with Crippen LogP contribution in [0.15, 0.2) is 23.5 Å². The van der Waals surface area contributed by atoms with E-state index >= 15 is 0 Å². The highest BCUT2D eigenvalue weighted by atomic mass is 127. The summed E-state index contributed by atoms with van der Waals surface area (Å²) < 4.78 is 2.07. The lowest BCUT2D eigenvalue weighted by atomic mass is 9.85. The summed E-state index contributed by atoms with van der Waals surface area (Å²) in [6.07, 6.45) is 12.8. The zero-order chi connectivity index (χ0) is 15.4. The summed E-state index contributed by atoms with van der Waals surface area (Å²) in [5.41, 5.74) is 1.26. The Hall–Kier alpha value is -0.720. The minimum Gasteiger partial charge on any atom is -0.357 e. The number of hydrogen-bond donors (Lipinski definition) is 2. The van der Waals surface area contributed by atoms with Gasteiger partial charge >= 0.3 is 0 Å². The van der Waals surface area contributed by atoms with Crippen molar-refractivity contribution in [2.75, 3.05) is 6.54 Å². The fourth-order valence-corrected chi connectivity index (χ4v) is 3.78. The van der Waals surface area contributed by atoms with Crippen LogP contribution in [0, 0.1) is 11.8 Å². The summed E-state index contributed by atoms with van der Waals surface area (Å²) in [7, 11) is 2.05. The average Bonchev–Trinajstić information content (AvgIpc) is 3.18. The van der Waals surface area contributed by atoms with E-state index in [9.17, 15) is 0 Å². The van der Waals surface area contributed by atoms with Gasteiger partial charge in [0, 0.05) is 32.0 Å². The Morgan fingerprint density at radius 2 is 2.09 bits per heavy atom. The van der Waals surface area contributed by atoms with E-state index in [-0.39, 0.29) is 24.0 Å². The SMILES string of the molecule is CCNC(=NCc1ccn(C)c1)NC1CC1C1CCCCC1.I. The van der Waals surface area contributed by atoms with Crippen LogP contribution in [-0.2, 0) is 13.6 Å². The van der Waals surface area contributed by atoms with Crippen LogP contribution in [-0.4, -0.2) is 23.1 Å². The second kappa shape index (κ2) is 8.94. The summed E-state index contributed by atoms with van der Waals surface area (Å²) in [6.45, 7) is 3.80. The van der Waals surface area contributed by atoms with Crippen LogP contribution in [0.1, 0.15) is 51.0 Å². The topological polar surface area (TPSA) is 41.4 Å². The molecule has 1 aromatic heterocycles. The summed E-state index contributed by atoms with van der Waals surface area (Å²) in [5.74, 6) is 2.83. The zero-order valence-corrected chi connectivity index (χ0v) is 16.8. The van der Waals surface area contributed by atoms with Crippen LogP contribution >= 0.6 is 24.0 Å². The van der Waals surface area contributed by atoms with Gasteiger partial charge in [0.1, 0.15) is 0 Å². The van der Waals surface area contributed by atoms with Crippen LogP contribution in [0.2, 0.25) is 0 Å². The first-order chi connectivity index (χ1) is 10.8. The number of aromatic nitrogens is 1. The van der Waals surface area contributed by atoms with E-state index in [0.29, 0.717) is 6.04 Å². The predicted octanol–water partition coefficient (Wildman–Crippen LogP) is 3.67. The van der Waals surface area contributed by atoms with Gasteiger partial charge in [-0.3, -0.25) is 0 Å². The van der Waals surface area contributed by atoms with Crippen LogP contribution in [0.4, 0.5) is 0 Å². The molecule has 0 spiro atoms. The third-order valence-corrected chi connectivity index (χ3v) is 5.07. The lowest BCUT2D eigenvalue weighted by Crippen LogP contribution is -2.39. The number of aryl methyl sites for hydroxylation is 1. The third kappa shape index (κ3) is 5.40. The van der Waals surface area contributed by atoms with Gasteiger partial charge in [-0.05, 0) is 36.8 Å². The van der Waals surface area contributed by atoms with Crippen LogP contribution < -0.4 is 10.6 Å². The van der Waals surface area contributed by atoms with E-state index in [4.69, 9.17) is 4.99 Å². The lowest BCUT2D eigenvalue weighted by molar-refractivity contribution is 0.315. The van der Waals surface area contributed by atoms with E-state index in [1.54, 1.807) is 0 Å². The van der Waals surface area contributed by atoms with Gasteiger partial charge in [0.2, 0.25) is 0 Å². The molecule has 0 aliphatic heterocycles. The van der Waals surface area contributed by atoms with Crippen molar-refractivity contribution >= 4 is 29.9 Å². The van der Waals surface area contributed by atoms with Gasteiger partial charge in [0.05, 0.1) is 6.54 Å². The first-order valence-electron chi connectivity index (χ1n) is 8.92. The van der Waals surface area contributed by atoms with Crippen molar-refractivity contribution < 1.29 is 0 Å². The van der Waals surface area contributed by atoms with Gasteiger partial charge in [-0.15, -0.1) is 24.0 Å². The molecule has 2 aliphatic carbocycles. The van der Waals surface area contributed by atoms with Crippen LogP contribution in [0.25, 0.3) is 0 Å². The molecule has 23 heavy (non-hydrogen) atoms. The van der Waals surface area contributed by atoms with Crippen molar-refractivity contribution in [1.82, 2.24) is 15.2 Å². The molecule has 0 radical (unpaired) electrons. The lowest BCUT2D eigenvalue weighted by Gasteiger charge is -2.22. The molecule has 1 aromatic rings. The maximum Gasteiger partial charge on any atom is 0.191 e. The van der Waals surface area contributed by atoms with Gasteiger partial charge in [-0.1, -0.05) is 32.1 Å². The van der Waals surface area contributed by atoms with Gasteiger partial charge in [-0.2, -0.15) is 0 Å². The van der Waals surface area contributed by atoms with E-state index in [0.717, 1.165) is 30.9 Å². The highest BCUT2D eigenvalue weighted by Gasteiger charge is 2.43. The number of hydrogen-bond acceptors (Lipinski definition) is 1. The molecule has 2 aliphatic rings. The summed E-state index contributed by atoms with van der Waals surface area (Å²) in [4.78, 5) is 4.74. The molecule has 5 heteroatoms. The number of nitrogens with one attached hydrogen (secondary N) is 2. The van der Waals surface area contributed by atoms with Gasteiger partial charge < -0.3 is 15.2 Å². The zero-order valence-electron chi connectivity index (χ0n) is 14.4. The monoisotopic (exact) mass is 430 g/mol. The smallest absolute Gasteiger partial charge is 0.191 e. The molecular weight excluding hydrogens is 399 g/mol. The van der Waals surface area contributed by atoms with E-state index in [1.807, 2.05) is 0 Å². The molecule has 2 N–H and O–H groups in total. The molecule has 0 aromatic carbocycles. The molecular formula is C18H31IN4. The summed E-state index contributed by atoms with van der Waals surface area (Å²) in [5, 5.41) is 7.03. The Morgan fingerprint density at radius 1 is 1.30 bits per heavy atom. The van der Waals surface area contributed by atoms with E-state index < -0.39 is 0 Å². The maximum absolute atomic E-state index is 4.74. The molecule has 1 heterocycles. The molecule has 4 nitrogen and oxygen atoms in total. The van der Waals surface area contributed by atoms with Gasteiger partial charge in [-0.25, -0.2) is 4.99 Å². The fraction of sp³-hybridized carbons (Fsp3) is 0.722. The number of nitrogens with zero attached hydrogens (tertiary/aromatic N) is 2. The van der Waals surface area contributed by atoms with Gasteiger partial charge in [0.25, 0.3) is 0 Å². The highest BCUT2D eigenvalue weighted by Crippen LogP contribution is 2.44. The minimum absolute atomic E-state index is 0. The number of aliphatic imine (C=N–C) groups is 1. The molecule has 2 fully saturated rings. The highest BCUT2D eigenvalue weighted by molar-refractivity contribution is 14.0. The van der Waals surface area contributed by atoms with Crippen molar-refractivity contribution in [3.63, 3.8) is 0 Å². The minimum atomic E-state index is 0. The Bertz CT molecular complexity index is 505. The Balaban J connectivity index is 0.00000192. The third-order valence-electron chi connectivity index (χ3n) is 5.07. The second-order valence-electron chi connectivity index (χ2n) is 6.93. The quantitative estimate of drug-likeness (QED) is 0.425. The molecule has 2 saturated carbocycles. The normalized spacial score (nSPS) is 24.9. The molecule has 0 bridgehead atoms. The van der Waals surface area contributed by atoms with Crippen molar-refractivity contribution in [3.05, 3.63) is 24.0 Å². The van der Waals surface area contributed by atoms with Gasteiger partial charge in [0.15, 0.2) is 5.96 Å². The maximum atomic E-state index is 4.74. The molecule has 2 atom stereocenters. The number of rotatable bonds is 5. The Kier molecular flexibility index (Phi) is 7.24. The van der Waals surface area contributed by atoms with E-state index in [2.05, 4.69) is 47.6 Å². The predicted molar refractivity (Wildman–Crippen MR) is 107 cm³/mol. The van der Waals surface area contributed by atoms with Crippen LogP contribution in [0.3, 0.4) is 0 Å². The first-order valence-corrected chi connectivity index (χ1v) is 8.92. The molecule has 0 saturated heterocycles. The fourth-order valence-electron chi connectivity index (χ4n) is 3.78. The van der Waals surface area contributed by atoms with Crippen molar-refractivity contribution in [2.45, 2.75) is 58.0 Å². The van der Waals surface area contributed by atoms with Crippen LogP contribution in [0.5, 0.6) is 0 Å². The molecule has 2 unspecified atom stereocenters. The first kappa shape index (κ1) is 18.6. The summed E-state index contributed by atoms with van der Waals surface area (Å²) in [6, 6.07) is 2.78. The van der Waals surface area contributed by atoms with Crippen molar-refractivity contribution in [2.24, 2.45) is 23.9 Å².